The standard InChI is InChI=1S/C10H21N2OP/c1-10(2,3)8(13)14-9(11(4)5)12(6)7/h1-7H3. The fraction of sp³-hybridized carbons (Fsp3) is 0.800. The van der Waals surface area contributed by atoms with Gasteiger partial charge in [-0.25, -0.2) is 0 Å². The van der Waals surface area contributed by atoms with E-state index in [1.807, 2.05) is 58.8 Å². The number of hydrogen-bond donors (Lipinski definition) is 0. The Balaban J connectivity index is 4.85. The second-order valence-corrected chi connectivity index (χ2v) is 5.79. The molecule has 0 aromatic carbocycles. The summed E-state index contributed by atoms with van der Waals surface area (Å²) in [7, 11) is 8.59. The number of nitrogens with zero attached hydrogens (tertiary/aromatic N) is 2. The van der Waals surface area contributed by atoms with Crippen LogP contribution in [0.15, 0.2) is 0 Å². The van der Waals surface area contributed by atoms with E-state index in [0.717, 1.165) is 13.7 Å². The van der Waals surface area contributed by atoms with E-state index in [-0.39, 0.29) is 10.9 Å². The van der Waals surface area contributed by atoms with Gasteiger partial charge >= 0.3 is 0 Å². The summed E-state index contributed by atoms with van der Waals surface area (Å²) in [5.74, 6) is 0. The maximum absolute atomic E-state index is 11.8. The monoisotopic (exact) mass is 216 g/mol. The summed E-state index contributed by atoms with van der Waals surface area (Å²) in [6.45, 7) is 5.85. The molecule has 0 fully saturated rings. The number of hydrogen-bond acceptors (Lipinski definition) is 1. The Hall–Kier alpha value is -0.240. The Morgan fingerprint density at radius 3 is 1.57 bits per heavy atom. The number of carbonyl (C=O) groups is 1. The molecule has 0 aliphatic heterocycles. The van der Waals surface area contributed by atoms with E-state index in [1.165, 1.54) is 0 Å². The lowest BCUT2D eigenvalue weighted by Gasteiger charge is -2.22. The smallest absolute Gasteiger partial charge is 0.189 e. The van der Waals surface area contributed by atoms with Gasteiger partial charge in [0.2, 0.25) is 0 Å². The molecular weight excluding hydrogens is 195 g/mol. The largest absolute Gasteiger partial charge is 0.289 e. The summed E-state index contributed by atoms with van der Waals surface area (Å²) in [5.41, 5.74) is 0.999. The fourth-order valence-corrected chi connectivity index (χ4v) is 1.78. The average molecular weight is 216 g/mol. The minimum Gasteiger partial charge on any atom is -0.289 e. The third-order valence-electron chi connectivity index (χ3n) is 1.64. The topological polar surface area (TPSA) is 23.6 Å². The molecule has 0 aliphatic carbocycles. The van der Waals surface area contributed by atoms with Crippen LogP contribution in [-0.4, -0.2) is 49.1 Å². The van der Waals surface area contributed by atoms with E-state index < -0.39 is 0 Å². The van der Waals surface area contributed by atoms with E-state index in [4.69, 9.17) is 0 Å². The number of rotatable bonds is 3. The van der Waals surface area contributed by atoms with Gasteiger partial charge in [0.05, 0.1) is 5.54 Å². The molecule has 0 aliphatic rings. The van der Waals surface area contributed by atoms with Crippen LogP contribution >= 0.6 is 8.20 Å². The van der Waals surface area contributed by atoms with E-state index in [0.29, 0.717) is 0 Å². The molecular formula is C10H21N2OP. The molecule has 0 atom stereocenters. The normalized spacial score (nSPS) is 12.6. The van der Waals surface area contributed by atoms with Crippen LogP contribution in [0.1, 0.15) is 20.8 Å². The summed E-state index contributed by atoms with van der Waals surface area (Å²) in [5, 5.41) is 0. The quantitative estimate of drug-likeness (QED) is 0.671. The molecule has 0 N–H and O–H groups in total. The van der Waals surface area contributed by atoms with Crippen LogP contribution in [0.2, 0.25) is 0 Å². The zero-order valence-corrected chi connectivity index (χ0v) is 11.1. The summed E-state index contributed by atoms with van der Waals surface area (Å²) >= 11 is 0. The first-order valence-electron chi connectivity index (χ1n) is 4.64. The molecule has 0 saturated carbocycles. The van der Waals surface area contributed by atoms with Crippen LogP contribution < -0.4 is 0 Å². The highest BCUT2D eigenvalue weighted by atomic mass is 31.1. The minimum absolute atomic E-state index is 0.245. The van der Waals surface area contributed by atoms with Crippen LogP contribution in [0.5, 0.6) is 0 Å². The first kappa shape index (κ1) is 13.8. The van der Waals surface area contributed by atoms with E-state index in [1.54, 1.807) is 0 Å². The summed E-state index contributed by atoms with van der Waals surface area (Å²) in [6.07, 6.45) is 0. The van der Waals surface area contributed by atoms with Crippen LogP contribution in [0, 0.1) is 5.41 Å². The summed E-state index contributed by atoms with van der Waals surface area (Å²) in [4.78, 5) is 15.8. The van der Waals surface area contributed by atoms with Gasteiger partial charge in [-0.2, -0.15) is 0 Å². The van der Waals surface area contributed by atoms with Gasteiger partial charge in [0.25, 0.3) is 0 Å². The maximum atomic E-state index is 11.8. The first-order valence-corrected chi connectivity index (χ1v) is 5.53. The van der Waals surface area contributed by atoms with Crippen LogP contribution in [-0.2, 0) is 4.79 Å². The van der Waals surface area contributed by atoms with Crippen LogP contribution in [0.3, 0.4) is 0 Å². The molecule has 0 unspecified atom stereocenters. The van der Waals surface area contributed by atoms with Crippen molar-refractivity contribution in [2.75, 3.05) is 28.2 Å². The van der Waals surface area contributed by atoms with E-state index >= 15 is 0 Å². The second-order valence-electron chi connectivity index (χ2n) is 4.76. The highest BCUT2D eigenvalue weighted by Gasteiger charge is 2.21. The van der Waals surface area contributed by atoms with Crippen molar-refractivity contribution in [3.05, 3.63) is 0 Å². The van der Waals surface area contributed by atoms with Gasteiger partial charge < -0.3 is 0 Å². The highest BCUT2D eigenvalue weighted by Crippen LogP contribution is 2.23. The van der Waals surface area contributed by atoms with Gasteiger partial charge in [-0.3, -0.25) is 14.6 Å². The van der Waals surface area contributed by atoms with Gasteiger partial charge in [0.15, 0.2) is 5.52 Å². The Labute approximate surface area is 88.9 Å². The molecule has 0 saturated heterocycles. The minimum atomic E-state index is -0.265. The molecule has 0 radical (unpaired) electrons. The third kappa shape index (κ3) is 4.32. The van der Waals surface area contributed by atoms with Crippen LogP contribution in [0.4, 0.5) is 0 Å². The van der Waals surface area contributed by atoms with Crippen molar-refractivity contribution in [3.63, 3.8) is 0 Å². The fourth-order valence-electron chi connectivity index (χ4n) is 0.859. The molecule has 0 spiro atoms. The van der Waals surface area contributed by atoms with Gasteiger partial charge in [-0.05, 0) is 28.2 Å². The summed E-state index contributed by atoms with van der Waals surface area (Å²) in [6, 6.07) is 0. The molecule has 14 heavy (non-hydrogen) atoms. The second kappa shape index (κ2) is 5.01. The van der Waals surface area contributed by atoms with E-state index in [2.05, 4.69) is 0 Å². The first-order chi connectivity index (χ1) is 6.16. The Bertz CT molecular complexity index is 229. The molecule has 82 valence electrons. The third-order valence-corrected chi connectivity index (χ3v) is 3.52. The van der Waals surface area contributed by atoms with Crippen molar-refractivity contribution >= 4 is 19.3 Å². The molecule has 0 aromatic heterocycles. The molecule has 0 heterocycles. The molecule has 0 bridgehead atoms. The average Bonchev–Trinajstić information content (AvgIpc) is 1.96. The van der Waals surface area contributed by atoms with Crippen molar-refractivity contribution < 1.29 is 4.79 Å². The lowest BCUT2D eigenvalue weighted by Crippen LogP contribution is -2.34. The van der Waals surface area contributed by atoms with Crippen molar-refractivity contribution in [3.8, 4) is 0 Å². The lowest BCUT2D eigenvalue weighted by molar-refractivity contribution is -0.117. The molecule has 3 nitrogen and oxygen atoms in total. The van der Waals surface area contributed by atoms with Gasteiger partial charge in [0, 0.05) is 13.6 Å². The molecule has 0 rings (SSSR count). The Morgan fingerprint density at radius 2 is 1.36 bits per heavy atom. The van der Waals surface area contributed by atoms with Crippen molar-refractivity contribution in [1.29, 1.82) is 0 Å². The molecule has 0 amide bonds. The van der Waals surface area contributed by atoms with Gasteiger partial charge in [-0.15, -0.1) is 0 Å². The van der Waals surface area contributed by atoms with Gasteiger partial charge in [0.1, 0.15) is 0 Å². The van der Waals surface area contributed by atoms with Gasteiger partial charge in [-0.1, -0.05) is 20.8 Å². The predicted molar refractivity (Wildman–Crippen MR) is 63.8 cm³/mol. The lowest BCUT2D eigenvalue weighted by atomic mass is 10.00. The van der Waals surface area contributed by atoms with Crippen LogP contribution in [0.25, 0.3) is 0 Å². The SMILES string of the molecule is CN(C)C(=PC(=O)C(C)(C)C)N(C)C. The number of carbonyl (C=O) groups excluding carboxylic acids is 1. The maximum Gasteiger partial charge on any atom is 0.189 e. The van der Waals surface area contributed by atoms with E-state index in [9.17, 15) is 4.79 Å². The summed E-state index contributed by atoms with van der Waals surface area (Å²) < 4.78 is 0. The van der Waals surface area contributed by atoms with Crippen molar-refractivity contribution in [2.45, 2.75) is 20.8 Å². The molecule has 4 heteroatoms. The predicted octanol–water partition coefficient (Wildman–Crippen LogP) is 1.72. The zero-order valence-electron chi connectivity index (χ0n) is 10.2. The molecule has 0 aromatic rings. The zero-order chi connectivity index (χ0) is 11.5. The Morgan fingerprint density at radius 1 is 1.00 bits per heavy atom. The van der Waals surface area contributed by atoms with Crippen molar-refractivity contribution in [1.82, 2.24) is 9.80 Å². The Kier molecular flexibility index (Phi) is 4.93. The highest BCUT2D eigenvalue weighted by molar-refractivity contribution is 7.58. The van der Waals surface area contributed by atoms with Crippen molar-refractivity contribution in [2.24, 2.45) is 5.41 Å².